The minimum Gasteiger partial charge on any atom is -0.493 e. The number of aromatic nitrogens is 3. The number of amides is 2. The molecule has 1 aromatic carbocycles. The number of aryl methyl sites for hydroxylation is 1. The van der Waals surface area contributed by atoms with Crippen molar-refractivity contribution < 1.29 is 23.1 Å². The van der Waals surface area contributed by atoms with Gasteiger partial charge in [-0.3, -0.25) is 9.59 Å². The first-order valence-corrected chi connectivity index (χ1v) is 12.3. The Bertz CT molecular complexity index is 1310. The van der Waals surface area contributed by atoms with Crippen LogP contribution in [0.25, 0.3) is 22.3 Å². The number of hydrogen-bond acceptors (Lipinski definition) is 5. The molecule has 10 heteroatoms. The van der Waals surface area contributed by atoms with Crippen LogP contribution in [0.2, 0.25) is 0 Å². The van der Waals surface area contributed by atoms with Crippen LogP contribution in [-0.4, -0.2) is 51.6 Å². The summed E-state index contributed by atoms with van der Waals surface area (Å²) in [5, 5.41) is 5.55. The molecule has 190 valence electrons. The summed E-state index contributed by atoms with van der Waals surface area (Å²) in [5.41, 5.74) is 2.58. The molecule has 5 rings (SSSR count). The van der Waals surface area contributed by atoms with Gasteiger partial charge in [-0.15, -0.1) is 0 Å². The molecule has 3 atom stereocenters. The van der Waals surface area contributed by atoms with Crippen LogP contribution in [0.1, 0.15) is 55.1 Å². The predicted molar refractivity (Wildman–Crippen MR) is 130 cm³/mol. The van der Waals surface area contributed by atoms with Gasteiger partial charge in [0.05, 0.1) is 23.7 Å². The molecule has 0 spiro atoms. The van der Waals surface area contributed by atoms with Crippen molar-refractivity contribution in [2.75, 3.05) is 6.61 Å². The highest BCUT2D eigenvalue weighted by molar-refractivity contribution is 6.09. The molecule has 0 aliphatic heterocycles. The fourth-order valence-electron chi connectivity index (χ4n) is 4.85. The van der Waals surface area contributed by atoms with E-state index in [0.717, 1.165) is 12.8 Å². The van der Waals surface area contributed by atoms with Crippen molar-refractivity contribution >= 4 is 22.8 Å². The van der Waals surface area contributed by atoms with E-state index in [-0.39, 0.29) is 18.4 Å². The fourth-order valence-corrected chi connectivity index (χ4v) is 4.85. The largest absolute Gasteiger partial charge is 0.493 e. The first kappa shape index (κ1) is 24.1. The minimum atomic E-state index is -1.28. The Hall–Kier alpha value is -3.56. The third-order valence-corrected chi connectivity index (χ3v) is 6.86. The molecule has 0 bridgehead atoms. The van der Waals surface area contributed by atoms with Gasteiger partial charge in [0.1, 0.15) is 35.3 Å². The van der Waals surface area contributed by atoms with Crippen LogP contribution in [0, 0.1) is 18.7 Å². The predicted octanol–water partition coefficient (Wildman–Crippen LogP) is 3.99. The average molecular weight is 498 g/mol. The van der Waals surface area contributed by atoms with E-state index < -0.39 is 23.9 Å². The molecule has 2 aliphatic rings. The smallest absolute Gasteiger partial charge is 0.255 e. The molecule has 2 aromatic heterocycles. The second-order valence-corrected chi connectivity index (χ2v) is 9.77. The molecule has 3 N–H and O–H groups in total. The van der Waals surface area contributed by atoms with Crippen LogP contribution in [-0.2, 0) is 4.79 Å². The zero-order valence-corrected chi connectivity index (χ0v) is 20.2. The van der Waals surface area contributed by atoms with Crippen molar-refractivity contribution in [1.82, 2.24) is 25.6 Å². The van der Waals surface area contributed by atoms with Crippen LogP contribution in [0.4, 0.5) is 8.78 Å². The highest BCUT2D eigenvalue weighted by Gasteiger charge is 2.33. The summed E-state index contributed by atoms with van der Waals surface area (Å²) in [4.78, 5) is 36.4. The number of fused-ring (bicyclic) bond motifs is 1. The topological polar surface area (TPSA) is 109 Å². The van der Waals surface area contributed by atoms with E-state index >= 15 is 0 Å². The van der Waals surface area contributed by atoms with E-state index in [9.17, 15) is 18.4 Å². The molecule has 0 radical (unpaired) electrons. The van der Waals surface area contributed by atoms with Gasteiger partial charge in [-0.05, 0) is 56.7 Å². The van der Waals surface area contributed by atoms with E-state index in [1.807, 2.05) is 0 Å². The highest BCUT2D eigenvalue weighted by atomic mass is 19.1. The normalized spacial score (nSPS) is 21.8. The van der Waals surface area contributed by atoms with Crippen molar-refractivity contribution in [1.29, 1.82) is 0 Å². The molecule has 2 amide bonds. The minimum absolute atomic E-state index is 0.146. The van der Waals surface area contributed by atoms with Crippen LogP contribution in [0.5, 0.6) is 5.75 Å². The number of benzene rings is 1. The molecular weight excluding hydrogens is 468 g/mol. The Morgan fingerprint density at radius 1 is 1.17 bits per heavy atom. The monoisotopic (exact) mass is 497 g/mol. The summed E-state index contributed by atoms with van der Waals surface area (Å²) in [6.07, 6.45) is 3.42. The number of aromatic amines is 1. The van der Waals surface area contributed by atoms with E-state index in [2.05, 4.69) is 25.6 Å². The van der Waals surface area contributed by atoms with Crippen LogP contribution >= 0.6 is 0 Å². The molecule has 2 saturated carbocycles. The van der Waals surface area contributed by atoms with E-state index in [1.165, 1.54) is 25.4 Å². The summed E-state index contributed by atoms with van der Waals surface area (Å²) in [6.45, 7) is 3.69. The number of nitrogens with one attached hydrogen (secondary N) is 3. The van der Waals surface area contributed by atoms with Crippen molar-refractivity contribution in [2.24, 2.45) is 5.92 Å². The number of alkyl halides is 1. The van der Waals surface area contributed by atoms with Crippen molar-refractivity contribution in [3.63, 3.8) is 0 Å². The third-order valence-electron chi connectivity index (χ3n) is 6.86. The first-order valence-electron chi connectivity index (χ1n) is 12.3. The Morgan fingerprint density at radius 3 is 2.69 bits per heavy atom. The van der Waals surface area contributed by atoms with Crippen LogP contribution < -0.4 is 15.4 Å². The van der Waals surface area contributed by atoms with Gasteiger partial charge in [-0.25, -0.2) is 18.7 Å². The highest BCUT2D eigenvalue weighted by Crippen LogP contribution is 2.37. The molecule has 2 aliphatic carbocycles. The van der Waals surface area contributed by atoms with E-state index in [0.29, 0.717) is 64.7 Å². The molecule has 0 saturated heterocycles. The second kappa shape index (κ2) is 9.83. The molecule has 36 heavy (non-hydrogen) atoms. The number of ether oxygens (including phenoxy) is 1. The van der Waals surface area contributed by atoms with Crippen molar-refractivity contribution in [3.05, 3.63) is 41.6 Å². The third kappa shape index (κ3) is 5.03. The van der Waals surface area contributed by atoms with Crippen molar-refractivity contribution in [2.45, 2.75) is 64.2 Å². The zero-order chi connectivity index (χ0) is 25.4. The van der Waals surface area contributed by atoms with Gasteiger partial charge in [0, 0.05) is 30.6 Å². The zero-order valence-electron chi connectivity index (χ0n) is 20.2. The maximum atomic E-state index is 14.8. The summed E-state index contributed by atoms with van der Waals surface area (Å²) in [7, 11) is 0. The number of hydrogen-bond donors (Lipinski definition) is 3. The first-order chi connectivity index (χ1) is 17.3. The van der Waals surface area contributed by atoms with Gasteiger partial charge in [0.2, 0.25) is 5.91 Å². The lowest BCUT2D eigenvalue weighted by Crippen LogP contribution is -2.49. The lowest BCUT2D eigenvalue weighted by atomic mass is 9.89. The van der Waals surface area contributed by atoms with Gasteiger partial charge < -0.3 is 20.4 Å². The van der Waals surface area contributed by atoms with Crippen molar-refractivity contribution in [3.8, 4) is 17.0 Å². The molecule has 3 aromatic rings. The molecule has 0 unspecified atom stereocenters. The van der Waals surface area contributed by atoms with Crippen LogP contribution in [0.3, 0.4) is 0 Å². The van der Waals surface area contributed by atoms with E-state index in [4.69, 9.17) is 4.74 Å². The summed E-state index contributed by atoms with van der Waals surface area (Å²) >= 11 is 0. The number of nitrogens with zero attached hydrogens (tertiary/aromatic N) is 2. The maximum absolute atomic E-state index is 14.8. The average Bonchev–Trinajstić information content (AvgIpc) is 3.59. The Labute approximate surface area is 207 Å². The van der Waals surface area contributed by atoms with Gasteiger partial charge in [-0.1, -0.05) is 0 Å². The summed E-state index contributed by atoms with van der Waals surface area (Å²) in [5.74, 6) is -0.0418. The number of rotatable bonds is 7. The van der Waals surface area contributed by atoms with Gasteiger partial charge >= 0.3 is 0 Å². The van der Waals surface area contributed by atoms with E-state index in [1.54, 1.807) is 13.0 Å². The van der Waals surface area contributed by atoms with Gasteiger partial charge in [0.25, 0.3) is 5.91 Å². The summed E-state index contributed by atoms with van der Waals surface area (Å²) in [6, 6.07) is 3.39. The SMILES string of the molecule is CC(=O)N[C@H]1CC[C@@H](NC(=O)c2c(C)[nH]c3c(-c4cc(F)ccc4OCC4CC4)ncnc23)[C@H](F)C1. The van der Waals surface area contributed by atoms with Gasteiger partial charge in [0.15, 0.2) is 0 Å². The quantitative estimate of drug-likeness (QED) is 0.458. The standard InChI is InChI=1S/C26H29F2N5O3/c1-13-22(26(35)33-20-7-6-17(10-19(20)28)32-14(2)34)24-25(31-13)23(29-12-30-24)18-9-16(27)5-8-21(18)36-11-15-3-4-15/h5,8-9,12,15,17,19-20,31H,3-4,6-7,10-11H2,1-2H3,(H,32,34)(H,33,35)/t17-,19+,20+/m0/s1. The maximum Gasteiger partial charge on any atom is 0.255 e. The molecule has 2 fully saturated rings. The molecular formula is C26H29F2N5O3. The number of carbonyl (C=O) groups excluding carboxylic acids is 2. The van der Waals surface area contributed by atoms with Crippen LogP contribution in [0.15, 0.2) is 24.5 Å². The molecule has 2 heterocycles. The Kier molecular flexibility index (Phi) is 6.59. The fraction of sp³-hybridized carbons (Fsp3) is 0.462. The number of carbonyl (C=O) groups is 2. The second-order valence-electron chi connectivity index (χ2n) is 9.77. The molecule has 8 nitrogen and oxygen atoms in total. The lowest BCUT2D eigenvalue weighted by molar-refractivity contribution is -0.120. The number of H-pyrrole nitrogens is 1. The lowest BCUT2D eigenvalue weighted by Gasteiger charge is -2.32. The Morgan fingerprint density at radius 2 is 1.97 bits per heavy atom. The number of halogens is 2. The Balaban J connectivity index is 1.41. The van der Waals surface area contributed by atoms with Gasteiger partial charge in [-0.2, -0.15) is 0 Å². The summed E-state index contributed by atoms with van der Waals surface area (Å²) < 4.78 is 35.0.